The molecule has 7 nitrogen and oxygen atoms in total. The van der Waals surface area contributed by atoms with E-state index in [1.807, 2.05) is 30.1 Å². The average molecular weight is 626 g/mol. The zero-order valence-electron chi connectivity index (χ0n) is 26.7. The summed E-state index contributed by atoms with van der Waals surface area (Å²) in [5.74, 6) is 1.13. The minimum Gasteiger partial charge on any atom is -0.303 e. The second-order valence-corrected chi connectivity index (χ2v) is 16.2. The van der Waals surface area contributed by atoms with Crippen molar-refractivity contribution in [3.05, 3.63) is 29.6 Å². The maximum absolute atomic E-state index is 12.7. The number of nitrogens with zero attached hydrogens (tertiary/aromatic N) is 2. The maximum atomic E-state index is 12.7. The molecule has 0 radical (unpaired) electrons. The molecule has 11 heteroatoms. The molecule has 4 fully saturated rings. The highest BCUT2D eigenvalue weighted by Crippen LogP contribution is 2.42. The van der Waals surface area contributed by atoms with E-state index in [1.54, 1.807) is 0 Å². The first-order valence-corrected chi connectivity index (χ1v) is 17.3. The molecule has 4 aliphatic rings. The number of alkyl halides is 3. The fourth-order valence-electron chi connectivity index (χ4n) is 7.77. The Balaban J connectivity index is 1.36. The summed E-state index contributed by atoms with van der Waals surface area (Å²) in [6.45, 7) is 13.1. The standard InChI is InChI=1S/C32H54F3N7S/c1-30(2,3)26-15-13-22-17-37-43-28-11-7-10-27(41-28)39-25(14-12-21-16-31(4,5)42(19-21)29(22)40-26)24-9-6-8-23(38-24)18-36-20-32(33,34)35/h6,8-9,21-22,25-29,36-37,39-41H,7,10-20H2,1-5H3/t21-,22?,25+,26?,27?,28?,29?/m0/s1. The van der Waals surface area contributed by atoms with Crippen molar-refractivity contribution in [1.82, 2.24) is 35.9 Å². The summed E-state index contributed by atoms with van der Waals surface area (Å²) in [6.07, 6.45) is 5.24. The second kappa shape index (κ2) is 13.8. The Morgan fingerprint density at radius 3 is 2.60 bits per heavy atom. The van der Waals surface area contributed by atoms with Crippen LogP contribution in [-0.2, 0) is 6.54 Å². The number of nitrogens with one attached hydrogen (secondary N) is 5. The molecule has 5 N–H and O–H groups in total. The molecule has 4 aliphatic heterocycles. The van der Waals surface area contributed by atoms with E-state index in [4.69, 9.17) is 4.98 Å². The van der Waals surface area contributed by atoms with Gasteiger partial charge < -0.3 is 5.32 Å². The van der Waals surface area contributed by atoms with E-state index in [0.29, 0.717) is 35.1 Å². The molecule has 0 aliphatic carbocycles. The zero-order valence-corrected chi connectivity index (χ0v) is 27.5. The minimum atomic E-state index is -4.23. The van der Waals surface area contributed by atoms with Crippen LogP contribution in [0.15, 0.2) is 18.2 Å². The molecule has 43 heavy (non-hydrogen) atoms. The van der Waals surface area contributed by atoms with E-state index >= 15 is 0 Å². The predicted molar refractivity (Wildman–Crippen MR) is 169 cm³/mol. The molecule has 0 amide bonds. The van der Waals surface area contributed by atoms with Crippen LogP contribution in [0.1, 0.15) is 103 Å². The van der Waals surface area contributed by atoms with Crippen LogP contribution in [0.3, 0.4) is 0 Å². The Labute approximate surface area is 261 Å². The van der Waals surface area contributed by atoms with E-state index in [0.717, 1.165) is 57.3 Å². The minimum absolute atomic E-state index is 0.0323. The molecule has 0 saturated carbocycles. The fraction of sp³-hybridized carbons (Fsp3) is 0.844. The van der Waals surface area contributed by atoms with Gasteiger partial charge in [0.15, 0.2) is 0 Å². The number of aromatic nitrogens is 1. The Hall–Kier alpha value is -0.950. The highest BCUT2D eigenvalue weighted by molar-refractivity contribution is 7.98. The van der Waals surface area contributed by atoms with Crippen LogP contribution in [-0.4, -0.2) is 65.0 Å². The van der Waals surface area contributed by atoms with Gasteiger partial charge in [0, 0.05) is 37.1 Å². The Morgan fingerprint density at radius 2 is 1.84 bits per heavy atom. The molecule has 4 saturated heterocycles. The Bertz CT molecular complexity index is 1050. The van der Waals surface area contributed by atoms with Crippen molar-refractivity contribution in [3.63, 3.8) is 0 Å². The van der Waals surface area contributed by atoms with Gasteiger partial charge in [-0.3, -0.25) is 30.6 Å². The normalized spacial score (nSPS) is 35.9. The van der Waals surface area contributed by atoms with Crippen molar-refractivity contribution in [3.8, 4) is 0 Å². The SMILES string of the molecule is CC(C)(C)C1CCC2CNSC3CCCC(N3)N[C@@H](c3cccc(CNCC(F)(F)F)n3)CC[C@@H]3CN(C2N1)C(C)(C)C3. The summed E-state index contributed by atoms with van der Waals surface area (Å²) < 4.78 is 42.0. The van der Waals surface area contributed by atoms with Crippen LogP contribution in [0.4, 0.5) is 13.2 Å². The smallest absolute Gasteiger partial charge is 0.303 e. The van der Waals surface area contributed by atoms with Crippen molar-refractivity contribution in [1.29, 1.82) is 0 Å². The summed E-state index contributed by atoms with van der Waals surface area (Å²) in [6, 6.07) is 6.31. The molecule has 5 heterocycles. The van der Waals surface area contributed by atoms with Gasteiger partial charge in [-0.05, 0) is 88.7 Å². The fourth-order valence-corrected chi connectivity index (χ4v) is 8.79. The molecule has 0 aromatic carbocycles. The number of fused-ring (bicyclic) bond motifs is 6. The number of pyridine rings is 1. The third-order valence-corrected chi connectivity index (χ3v) is 11.0. The van der Waals surface area contributed by atoms with Gasteiger partial charge in [0.25, 0.3) is 0 Å². The van der Waals surface area contributed by atoms with Gasteiger partial charge in [-0.25, -0.2) is 0 Å². The average Bonchev–Trinajstić information content (AvgIpc) is 3.23. The molecule has 6 unspecified atom stereocenters. The lowest BCUT2D eigenvalue weighted by atomic mass is 9.78. The molecular weight excluding hydrogens is 571 g/mol. The zero-order chi connectivity index (χ0) is 30.8. The molecular formula is C32H54F3N7S. The lowest BCUT2D eigenvalue weighted by Gasteiger charge is -2.50. The lowest BCUT2D eigenvalue weighted by molar-refractivity contribution is -0.125. The van der Waals surface area contributed by atoms with Crippen LogP contribution in [0.5, 0.6) is 0 Å². The first-order chi connectivity index (χ1) is 20.3. The van der Waals surface area contributed by atoms with Gasteiger partial charge in [0.2, 0.25) is 0 Å². The van der Waals surface area contributed by atoms with E-state index in [-0.39, 0.29) is 29.7 Å². The lowest BCUT2D eigenvalue weighted by Crippen LogP contribution is -2.63. The van der Waals surface area contributed by atoms with Crippen LogP contribution in [0.2, 0.25) is 0 Å². The summed E-state index contributed by atoms with van der Waals surface area (Å²) in [7, 11) is 0. The highest BCUT2D eigenvalue weighted by atomic mass is 32.2. The number of rotatable bonds is 4. The highest BCUT2D eigenvalue weighted by Gasteiger charge is 2.47. The molecule has 0 spiro atoms. The van der Waals surface area contributed by atoms with Crippen LogP contribution in [0.25, 0.3) is 0 Å². The summed E-state index contributed by atoms with van der Waals surface area (Å²) in [5, 5.41) is 14.7. The van der Waals surface area contributed by atoms with E-state index < -0.39 is 12.7 Å². The van der Waals surface area contributed by atoms with Crippen LogP contribution >= 0.6 is 11.9 Å². The molecule has 1 aromatic heterocycles. The maximum Gasteiger partial charge on any atom is 0.401 e. The third kappa shape index (κ3) is 9.08. The van der Waals surface area contributed by atoms with Gasteiger partial charge in [-0.2, -0.15) is 13.2 Å². The summed E-state index contributed by atoms with van der Waals surface area (Å²) in [5.41, 5.74) is 1.89. The van der Waals surface area contributed by atoms with Gasteiger partial charge >= 0.3 is 6.18 Å². The molecule has 244 valence electrons. The van der Waals surface area contributed by atoms with Gasteiger partial charge in [0.05, 0.1) is 41.7 Å². The van der Waals surface area contributed by atoms with Crippen molar-refractivity contribution in [2.45, 2.75) is 134 Å². The van der Waals surface area contributed by atoms with Gasteiger partial charge in [-0.1, -0.05) is 38.8 Å². The number of piperidine rings is 2. The quantitative estimate of drug-likeness (QED) is 0.275. The molecule has 5 rings (SSSR count). The molecule has 1 aromatic rings. The molecule has 8 atom stereocenters. The topological polar surface area (TPSA) is 76.3 Å². The number of hydrogen-bond donors (Lipinski definition) is 5. The van der Waals surface area contributed by atoms with Crippen molar-refractivity contribution in [2.75, 3.05) is 19.6 Å². The van der Waals surface area contributed by atoms with E-state index in [1.165, 1.54) is 12.8 Å². The van der Waals surface area contributed by atoms with Crippen LogP contribution < -0.4 is 26.0 Å². The van der Waals surface area contributed by atoms with Crippen molar-refractivity contribution >= 4 is 11.9 Å². The predicted octanol–water partition coefficient (Wildman–Crippen LogP) is 5.66. The number of hydrogen-bond acceptors (Lipinski definition) is 8. The Kier molecular flexibility index (Phi) is 10.7. The first kappa shape index (κ1) is 33.4. The molecule has 4 bridgehead atoms. The summed E-state index contributed by atoms with van der Waals surface area (Å²) >= 11 is 1.84. The van der Waals surface area contributed by atoms with Crippen molar-refractivity contribution in [2.24, 2.45) is 17.3 Å². The van der Waals surface area contributed by atoms with E-state index in [2.05, 4.69) is 65.5 Å². The third-order valence-electron chi connectivity index (χ3n) is 10.0. The largest absolute Gasteiger partial charge is 0.401 e. The van der Waals surface area contributed by atoms with Gasteiger partial charge in [0.1, 0.15) is 0 Å². The Morgan fingerprint density at radius 1 is 1.02 bits per heavy atom. The summed E-state index contributed by atoms with van der Waals surface area (Å²) in [4.78, 5) is 7.63. The number of halogens is 3. The second-order valence-electron chi connectivity index (χ2n) is 15.1. The monoisotopic (exact) mass is 625 g/mol. The first-order valence-electron chi connectivity index (χ1n) is 16.4. The van der Waals surface area contributed by atoms with Gasteiger partial charge in [-0.15, -0.1) is 0 Å². The van der Waals surface area contributed by atoms with E-state index in [9.17, 15) is 13.2 Å². The van der Waals surface area contributed by atoms with Crippen LogP contribution in [0, 0.1) is 17.3 Å². The van der Waals surface area contributed by atoms with Crippen molar-refractivity contribution < 1.29 is 13.2 Å².